The lowest BCUT2D eigenvalue weighted by molar-refractivity contribution is 0.0511. The van der Waals surface area contributed by atoms with Gasteiger partial charge in [0.05, 0.1) is 6.10 Å². The Morgan fingerprint density at radius 2 is 1.64 bits per heavy atom. The third-order valence-corrected chi connectivity index (χ3v) is 4.92. The molecule has 0 saturated heterocycles. The van der Waals surface area contributed by atoms with Crippen LogP contribution in [0.25, 0.3) is 0 Å². The van der Waals surface area contributed by atoms with Crippen molar-refractivity contribution in [2.24, 2.45) is 5.92 Å². The predicted octanol–water partition coefficient (Wildman–Crippen LogP) is 4.18. The summed E-state index contributed by atoms with van der Waals surface area (Å²) in [5.41, 5.74) is 0.609. The van der Waals surface area contributed by atoms with E-state index in [4.69, 9.17) is 14.2 Å². The van der Waals surface area contributed by atoms with Gasteiger partial charge in [0.15, 0.2) is 6.79 Å². The maximum Gasteiger partial charge on any atom is 0.251 e. The van der Waals surface area contributed by atoms with Gasteiger partial charge < -0.3 is 19.5 Å². The van der Waals surface area contributed by atoms with Gasteiger partial charge in [0, 0.05) is 19.2 Å². The zero-order chi connectivity index (χ0) is 19.8. The van der Waals surface area contributed by atoms with Crippen molar-refractivity contribution in [1.82, 2.24) is 5.32 Å². The van der Waals surface area contributed by atoms with Gasteiger partial charge in [0.2, 0.25) is 0 Å². The number of ether oxygens (including phenoxy) is 3. The third-order valence-electron chi connectivity index (χ3n) is 4.92. The highest BCUT2D eigenvalue weighted by Crippen LogP contribution is 2.27. The highest BCUT2D eigenvalue weighted by atomic mass is 19.1. The minimum Gasteiger partial charge on any atom is -0.490 e. The van der Waals surface area contributed by atoms with Crippen LogP contribution in [0.2, 0.25) is 0 Å². The van der Waals surface area contributed by atoms with Gasteiger partial charge in [0.25, 0.3) is 5.91 Å². The van der Waals surface area contributed by atoms with Crippen molar-refractivity contribution in [1.29, 1.82) is 0 Å². The molecule has 0 heterocycles. The molecule has 0 aliphatic heterocycles. The summed E-state index contributed by atoms with van der Waals surface area (Å²) in [4.78, 5) is 12.3. The molecule has 1 amide bonds. The van der Waals surface area contributed by atoms with Crippen molar-refractivity contribution in [3.05, 3.63) is 59.9 Å². The Balaban J connectivity index is 1.38. The van der Waals surface area contributed by atoms with Crippen LogP contribution in [0.4, 0.5) is 4.39 Å². The molecule has 1 aliphatic carbocycles. The van der Waals surface area contributed by atoms with Crippen LogP contribution in [0.3, 0.4) is 0 Å². The minimum absolute atomic E-state index is 0.0806. The monoisotopic (exact) mass is 387 g/mol. The highest BCUT2D eigenvalue weighted by molar-refractivity contribution is 5.94. The lowest BCUT2D eigenvalue weighted by Crippen LogP contribution is -2.33. The third kappa shape index (κ3) is 5.96. The van der Waals surface area contributed by atoms with E-state index in [2.05, 4.69) is 5.32 Å². The van der Waals surface area contributed by atoms with Gasteiger partial charge in [-0.25, -0.2) is 4.39 Å². The SMILES string of the molecule is COCOc1ccc(C(=O)NC[C@H]2CC[C@@H](Oc3ccc(F)cc3)CC2)cc1. The molecule has 5 nitrogen and oxygen atoms in total. The molecule has 0 spiro atoms. The summed E-state index contributed by atoms with van der Waals surface area (Å²) in [5.74, 6) is 1.47. The second kappa shape index (κ2) is 10.1. The number of benzene rings is 2. The lowest BCUT2D eigenvalue weighted by Gasteiger charge is -2.29. The Bertz CT molecular complexity index is 740. The molecule has 28 heavy (non-hydrogen) atoms. The van der Waals surface area contributed by atoms with Crippen LogP contribution in [0.15, 0.2) is 48.5 Å². The first kappa shape index (κ1) is 20.1. The summed E-state index contributed by atoms with van der Waals surface area (Å²) in [6, 6.07) is 13.1. The van der Waals surface area contributed by atoms with Crippen molar-refractivity contribution >= 4 is 5.91 Å². The van der Waals surface area contributed by atoms with Crippen molar-refractivity contribution in [2.45, 2.75) is 31.8 Å². The zero-order valence-electron chi connectivity index (χ0n) is 16.0. The van der Waals surface area contributed by atoms with Crippen LogP contribution in [0.1, 0.15) is 36.0 Å². The first-order valence-corrected chi connectivity index (χ1v) is 9.56. The summed E-state index contributed by atoms with van der Waals surface area (Å²) < 4.78 is 29.0. The molecule has 1 N–H and O–H groups in total. The summed E-state index contributed by atoms with van der Waals surface area (Å²) in [6.07, 6.45) is 4.01. The predicted molar refractivity (Wildman–Crippen MR) is 104 cm³/mol. The Morgan fingerprint density at radius 1 is 1.00 bits per heavy atom. The molecule has 2 aromatic carbocycles. The smallest absolute Gasteiger partial charge is 0.251 e. The van der Waals surface area contributed by atoms with Crippen molar-refractivity contribution < 1.29 is 23.4 Å². The molecular weight excluding hydrogens is 361 g/mol. The van der Waals surface area contributed by atoms with Gasteiger partial charge in [0.1, 0.15) is 17.3 Å². The molecule has 1 saturated carbocycles. The number of carbonyl (C=O) groups excluding carboxylic acids is 1. The lowest BCUT2D eigenvalue weighted by atomic mass is 9.87. The van der Waals surface area contributed by atoms with Crippen molar-refractivity contribution in [3.63, 3.8) is 0 Å². The topological polar surface area (TPSA) is 56.8 Å². The van der Waals surface area contributed by atoms with Gasteiger partial charge in [-0.15, -0.1) is 0 Å². The van der Waals surface area contributed by atoms with Crippen molar-refractivity contribution in [2.75, 3.05) is 20.4 Å². The second-order valence-electron chi connectivity index (χ2n) is 7.00. The Hall–Kier alpha value is -2.60. The Kier molecular flexibility index (Phi) is 7.25. The molecular formula is C22H26FNO4. The fraction of sp³-hybridized carbons (Fsp3) is 0.409. The second-order valence-corrected chi connectivity index (χ2v) is 7.00. The molecule has 150 valence electrons. The molecule has 0 unspecified atom stereocenters. The molecule has 1 aliphatic rings. The van der Waals surface area contributed by atoms with E-state index in [1.54, 1.807) is 43.5 Å². The number of hydrogen-bond donors (Lipinski definition) is 1. The normalized spacial score (nSPS) is 19.1. The van der Waals surface area contributed by atoms with E-state index in [9.17, 15) is 9.18 Å². The number of hydrogen-bond acceptors (Lipinski definition) is 4. The number of amides is 1. The highest BCUT2D eigenvalue weighted by Gasteiger charge is 2.23. The molecule has 2 aromatic rings. The van der Waals surface area contributed by atoms with E-state index < -0.39 is 0 Å². The number of methoxy groups -OCH3 is 1. The molecule has 1 fully saturated rings. The van der Waals surface area contributed by atoms with Gasteiger partial charge >= 0.3 is 0 Å². The van der Waals surface area contributed by atoms with Crippen LogP contribution < -0.4 is 14.8 Å². The molecule has 0 bridgehead atoms. The average Bonchev–Trinajstić information content (AvgIpc) is 2.73. The number of halogens is 1. The minimum atomic E-state index is -0.260. The van der Waals surface area contributed by atoms with Crippen molar-refractivity contribution in [3.8, 4) is 11.5 Å². The fourth-order valence-electron chi connectivity index (χ4n) is 3.33. The average molecular weight is 387 g/mol. The molecule has 3 rings (SSSR count). The first-order chi connectivity index (χ1) is 13.6. The first-order valence-electron chi connectivity index (χ1n) is 9.56. The summed E-state index contributed by atoms with van der Waals surface area (Å²) in [6.45, 7) is 0.836. The largest absolute Gasteiger partial charge is 0.490 e. The molecule has 0 atom stereocenters. The molecule has 0 aromatic heterocycles. The summed E-state index contributed by atoms with van der Waals surface area (Å²) in [7, 11) is 1.56. The standard InChI is InChI=1S/C22H26FNO4/c1-26-15-27-19-10-4-17(5-11-19)22(25)24-14-16-2-8-20(9-3-16)28-21-12-6-18(23)7-13-21/h4-7,10-13,16,20H,2-3,8-9,14-15H2,1H3,(H,24,25)/t16-,20+. The van der Waals surface area contributed by atoms with Crippen LogP contribution >= 0.6 is 0 Å². The van der Waals surface area contributed by atoms with Gasteiger partial charge in [-0.05, 0) is 80.1 Å². The van der Waals surface area contributed by atoms with Gasteiger partial charge in [-0.1, -0.05) is 0 Å². The zero-order valence-corrected chi connectivity index (χ0v) is 16.0. The van der Waals surface area contributed by atoms with Crippen LogP contribution in [0, 0.1) is 11.7 Å². The van der Waals surface area contributed by atoms with Gasteiger partial charge in [-0.3, -0.25) is 4.79 Å². The van der Waals surface area contributed by atoms with Gasteiger partial charge in [-0.2, -0.15) is 0 Å². The maximum atomic E-state index is 13.0. The van der Waals surface area contributed by atoms with E-state index in [0.717, 1.165) is 25.7 Å². The van der Waals surface area contributed by atoms with Crippen LogP contribution in [-0.2, 0) is 4.74 Å². The van der Waals surface area contributed by atoms with E-state index in [0.29, 0.717) is 29.5 Å². The van der Waals surface area contributed by atoms with E-state index in [-0.39, 0.29) is 24.6 Å². The number of nitrogens with one attached hydrogen (secondary N) is 1. The van der Waals surface area contributed by atoms with E-state index in [1.165, 1.54) is 12.1 Å². The van der Waals surface area contributed by atoms with Crippen LogP contribution in [0.5, 0.6) is 11.5 Å². The van der Waals surface area contributed by atoms with E-state index >= 15 is 0 Å². The quantitative estimate of drug-likeness (QED) is 0.691. The fourth-order valence-corrected chi connectivity index (χ4v) is 3.33. The van der Waals surface area contributed by atoms with E-state index in [1.807, 2.05) is 0 Å². The maximum absolute atomic E-state index is 13.0. The Labute approximate surface area is 164 Å². The summed E-state index contributed by atoms with van der Waals surface area (Å²) in [5, 5.41) is 3.02. The Morgan fingerprint density at radius 3 is 2.29 bits per heavy atom. The van der Waals surface area contributed by atoms with Crippen LogP contribution in [-0.4, -0.2) is 32.5 Å². The number of carbonyl (C=O) groups is 1. The molecule has 0 radical (unpaired) electrons. The summed E-state index contributed by atoms with van der Waals surface area (Å²) >= 11 is 0. The molecule has 6 heteroatoms. The number of rotatable bonds is 8.